The smallest absolute Gasteiger partial charge is 0.252 e. The van der Waals surface area contributed by atoms with E-state index >= 15 is 0 Å². The van der Waals surface area contributed by atoms with Crippen LogP contribution in [0.25, 0.3) is 0 Å². The normalized spacial score (nSPS) is 27.1. The molecule has 0 spiro atoms. The third kappa shape index (κ3) is 3.60. The first-order valence-electron chi connectivity index (χ1n) is 8.29. The zero-order valence-corrected chi connectivity index (χ0v) is 14.5. The van der Waals surface area contributed by atoms with Gasteiger partial charge in [-0.15, -0.1) is 0 Å². The summed E-state index contributed by atoms with van der Waals surface area (Å²) in [4.78, 5) is 16.0. The van der Waals surface area contributed by atoms with Crippen LogP contribution in [-0.2, 0) is 14.8 Å². The Kier molecular flexibility index (Phi) is 5.17. The van der Waals surface area contributed by atoms with Crippen molar-refractivity contribution in [2.45, 2.75) is 19.4 Å². The monoisotopic (exact) mass is 353 g/mol. The van der Waals surface area contributed by atoms with E-state index in [1.807, 2.05) is 6.92 Å². The summed E-state index contributed by atoms with van der Waals surface area (Å²) in [7, 11) is -3.19. The molecular weight excluding hydrogens is 330 g/mol. The van der Waals surface area contributed by atoms with Crippen molar-refractivity contribution in [2.24, 2.45) is 11.8 Å². The summed E-state index contributed by atoms with van der Waals surface area (Å²) in [6.45, 7) is 3.82. The number of hydrogen-bond acceptors (Lipinski definition) is 5. The maximum absolute atomic E-state index is 12.2. The highest BCUT2D eigenvalue weighted by molar-refractivity contribution is 7.89. The molecule has 2 saturated heterocycles. The second-order valence-electron chi connectivity index (χ2n) is 6.38. The summed E-state index contributed by atoms with van der Waals surface area (Å²) < 4.78 is 31.7. The lowest BCUT2D eigenvalue weighted by molar-refractivity contribution is 0.0932. The Morgan fingerprint density at radius 2 is 2.29 bits per heavy atom. The summed E-state index contributed by atoms with van der Waals surface area (Å²) in [6, 6.07) is 3.43. The molecule has 0 aliphatic carbocycles. The zero-order chi connectivity index (χ0) is 17.2. The van der Waals surface area contributed by atoms with Gasteiger partial charge in [0.15, 0.2) is 0 Å². The Morgan fingerprint density at radius 1 is 1.46 bits per heavy atom. The molecule has 0 aromatic carbocycles. The van der Waals surface area contributed by atoms with Crippen molar-refractivity contribution in [2.75, 3.05) is 32.0 Å². The number of aromatic nitrogens is 1. The fourth-order valence-electron chi connectivity index (χ4n) is 3.41. The summed E-state index contributed by atoms with van der Waals surface area (Å²) in [5, 5.41) is 2.91. The number of sulfonamides is 1. The molecule has 3 rings (SSSR count). The van der Waals surface area contributed by atoms with E-state index in [0.29, 0.717) is 38.2 Å². The van der Waals surface area contributed by atoms with Crippen LogP contribution in [-0.4, -0.2) is 61.7 Å². The van der Waals surface area contributed by atoms with Crippen molar-refractivity contribution in [1.29, 1.82) is 0 Å². The number of nitrogens with zero attached hydrogens (tertiary/aromatic N) is 2. The SMILES string of the molecule is CCCS(=O)(=O)N1C[C@@H]2[C@@H](CNC(=O)c3cccnc3)CO[C@@H]2C1. The van der Waals surface area contributed by atoms with E-state index in [0.717, 1.165) is 0 Å². The number of pyridine rings is 1. The van der Waals surface area contributed by atoms with Crippen molar-refractivity contribution >= 4 is 15.9 Å². The average Bonchev–Trinajstić information content (AvgIpc) is 3.15. The van der Waals surface area contributed by atoms with E-state index < -0.39 is 10.0 Å². The minimum Gasteiger partial charge on any atom is -0.376 e. The highest BCUT2D eigenvalue weighted by Crippen LogP contribution is 2.34. The maximum atomic E-state index is 12.2. The van der Waals surface area contributed by atoms with Crippen molar-refractivity contribution in [3.05, 3.63) is 30.1 Å². The predicted octanol–water partition coefficient (Wildman–Crippen LogP) is 0.498. The van der Waals surface area contributed by atoms with Gasteiger partial charge in [-0.25, -0.2) is 8.42 Å². The molecule has 0 saturated carbocycles. The van der Waals surface area contributed by atoms with Gasteiger partial charge < -0.3 is 10.1 Å². The molecule has 2 fully saturated rings. The number of carbonyl (C=O) groups is 1. The van der Waals surface area contributed by atoms with Gasteiger partial charge in [-0.3, -0.25) is 9.78 Å². The number of amides is 1. The van der Waals surface area contributed by atoms with E-state index in [1.165, 1.54) is 6.20 Å². The Bertz CT molecular complexity index is 680. The lowest BCUT2D eigenvalue weighted by Crippen LogP contribution is -2.36. The van der Waals surface area contributed by atoms with Crippen LogP contribution in [0.15, 0.2) is 24.5 Å². The second-order valence-corrected chi connectivity index (χ2v) is 8.47. The molecule has 1 amide bonds. The molecular formula is C16H23N3O4S. The van der Waals surface area contributed by atoms with E-state index in [2.05, 4.69) is 10.3 Å². The van der Waals surface area contributed by atoms with Gasteiger partial charge in [-0.2, -0.15) is 4.31 Å². The van der Waals surface area contributed by atoms with Crippen LogP contribution < -0.4 is 5.32 Å². The Balaban J connectivity index is 1.56. The van der Waals surface area contributed by atoms with E-state index in [4.69, 9.17) is 4.74 Å². The Morgan fingerprint density at radius 3 is 3.00 bits per heavy atom. The van der Waals surface area contributed by atoms with Crippen LogP contribution in [0.3, 0.4) is 0 Å². The number of nitrogens with one attached hydrogen (secondary N) is 1. The van der Waals surface area contributed by atoms with Crippen molar-refractivity contribution in [3.63, 3.8) is 0 Å². The molecule has 2 aliphatic heterocycles. The topological polar surface area (TPSA) is 88.6 Å². The third-order valence-electron chi connectivity index (χ3n) is 4.71. The van der Waals surface area contributed by atoms with E-state index in [-0.39, 0.29) is 29.6 Å². The fraction of sp³-hybridized carbons (Fsp3) is 0.625. The fourth-order valence-corrected chi connectivity index (χ4v) is 4.96. The third-order valence-corrected chi connectivity index (χ3v) is 6.72. The molecule has 0 unspecified atom stereocenters. The lowest BCUT2D eigenvalue weighted by atomic mass is 9.93. The standard InChI is InChI=1S/C16H23N3O4S/c1-2-6-24(21,22)19-9-14-13(11-23-15(14)10-19)8-18-16(20)12-4-3-5-17-7-12/h3-5,7,13-15H,2,6,8-11H2,1H3,(H,18,20)/t13-,14+,15+/m0/s1. The molecule has 1 aromatic rings. The molecule has 1 N–H and O–H groups in total. The number of hydrogen-bond donors (Lipinski definition) is 1. The first-order chi connectivity index (χ1) is 11.5. The van der Waals surface area contributed by atoms with Crippen molar-refractivity contribution in [3.8, 4) is 0 Å². The average molecular weight is 353 g/mol. The maximum Gasteiger partial charge on any atom is 0.252 e. The number of carbonyl (C=O) groups excluding carboxylic acids is 1. The van der Waals surface area contributed by atoms with Crippen LogP contribution in [0.4, 0.5) is 0 Å². The van der Waals surface area contributed by atoms with E-state index in [9.17, 15) is 13.2 Å². The van der Waals surface area contributed by atoms with Crippen molar-refractivity contribution < 1.29 is 17.9 Å². The molecule has 7 nitrogen and oxygen atoms in total. The van der Waals surface area contributed by atoms with Crippen LogP contribution >= 0.6 is 0 Å². The molecule has 3 atom stereocenters. The number of ether oxygens (including phenoxy) is 1. The lowest BCUT2D eigenvalue weighted by Gasteiger charge is -2.19. The predicted molar refractivity (Wildman–Crippen MR) is 88.9 cm³/mol. The molecule has 24 heavy (non-hydrogen) atoms. The first kappa shape index (κ1) is 17.3. The van der Waals surface area contributed by atoms with E-state index in [1.54, 1.807) is 22.6 Å². The molecule has 0 bridgehead atoms. The summed E-state index contributed by atoms with van der Waals surface area (Å²) in [6.07, 6.45) is 3.70. The number of rotatable bonds is 6. The molecule has 132 valence electrons. The highest BCUT2D eigenvalue weighted by Gasteiger charge is 2.46. The van der Waals surface area contributed by atoms with Gasteiger partial charge in [0.1, 0.15) is 0 Å². The van der Waals surface area contributed by atoms with Crippen molar-refractivity contribution in [1.82, 2.24) is 14.6 Å². The quantitative estimate of drug-likeness (QED) is 0.804. The van der Waals surface area contributed by atoms with Gasteiger partial charge in [-0.1, -0.05) is 6.92 Å². The second kappa shape index (κ2) is 7.16. The first-order valence-corrected chi connectivity index (χ1v) is 9.90. The number of fused-ring (bicyclic) bond motifs is 1. The zero-order valence-electron chi connectivity index (χ0n) is 13.7. The molecule has 3 heterocycles. The summed E-state index contributed by atoms with van der Waals surface area (Å²) in [5.74, 6) is 0.290. The van der Waals surface area contributed by atoms with Gasteiger partial charge in [0.25, 0.3) is 5.91 Å². The van der Waals surface area contributed by atoms with Gasteiger partial charge >= 0.3 is 0 Å². The van der Waals surface area contributed by atoms with Gasteiger partial charge in [0, 0.05) is 43.9 Å². The van der Waals surface area contributed by atoms with Crippen LogP contribution in [0.2, 0.25) is 0 Å². The Labute approximate surface area is 142 Å². The summed E-state index contributed by atoms with van der Waals surface area (Å²) >= 11 is 0. The largest absolute Gasteiger partial charge is 0.376 e. The van der Waals surface area contributed by atoms with Gasteiger partial charge in [0.05, 0.1) is 24.0 Å². The highest BCUT2D eigenvalue weighted by atomic mass is 32.2. The van der Waals surface area contributed by atoms with Crippen LogP contribution in [0.5, 0.6) is 0 Å². The minimum absolute atomic E-state index is 0.0584. The molecule has 0 radical (unpaired) electrons. The van der Waals surface area contributed by atoms with Crippen LogP contribution in [0, 0.1) is 11.8 Å². The van der Waals surface area contributed by atoms with Gasteiger partial charge in [-0.05, 0) is 18.6 Å². The molecule has 1 aromatic heterocycles. The Hall–Kier alpha value is -1.51. The van der Waals surface area contributed by atoms with Crippen LogP contribution in [0.1, 0.15) is 23.7 Å². The van der Waals surface area contributed by atoms with Gasteiger partial charge in [0.2, 0.25) is 10.0 Å². The minimum atomic E-state index is -3.19. The molecule has 2 aliphatic rings. The molecule has 8 heteroatoms. The summed E-state index contributed by atoms with van der Waals surface area (Å²) in [5.41, 5.74) is 0.520.